The third kappa shape index (κ3) is 4.15. The van der Waals surface area contributed by atoms with E-state index in [0.29, 0.717) is 17.5 Å². The van der Waals surface area contributed by atoms with Gasteiger partial charge in [-0.3, -0.25) is 4.79 Å². The van der Waals surface area contributed by atoms with Crippen molar-refractivity contribution in [1.29, 1.82) is 0 Å². The second-order valence-corrected chi connectivity index (χ2v) is 8.19. The van der Waals surface area contributed by atoms with Gasteiger partial charge >= 0.3 is 0 Å². The van der Waals surface area contributed by atoms with E-state index in [1.807, 2.05) is 24.3 Å². The molecule has 5 atom stereocenters. The van der Waals surface area contributed by atoms with Crippen LogP contribution in [0.25, 0.3) is 11.0 Å². The summed E-state index contributed by atoms with van der Waals surface area (Å²) in [6, 6.07) is 10.4. The first-order valence-electron chi connectivity index (χ1n) is 10.4. The van der Waals surface area contributed by atoms with Crippen LogP contribution in [0, 0.1) is 6.92 Å². The Morgan fingerprint density at radius 1 is 1.03 bits per heavy atom. The van der Waals surface area contributed by atoms with E-state index < -0.39 is 37.1 Å². The lowest BCUT2D eigenvalue weighted by atomic mass is 9.87. The third-order valence-corrected chi connectivity index (χ3v) is 6.04. The van der Waals surface area contributed by atoms with Gasteiger partial charge < -0.3 is 34.7 Å². The molecule has 8 heteroatoms. The van der Waals surface area contributed by atoms with Crippen LogP contribution in [-0.4, -0.2) is 62.3 Å². The minimum Gasteiger partial charge on any atom is -0.507 e. The quantitative estimate of drug-likeness (QED) is 0.364. The molecular weight excluding hydrogens is 416 g/mol. The van der Waals surface area contributed by atoms with Crippen LogP contribution in [0.5, 0.6) is 5.75 Å². The summed E-state index contributed by atoms with van der Waals surface area (Å²) in [5.41, 5.74) is 2.72. The molecular formula is C24H26O8. The zero-order valence-corrected chi connectivity index (χ0v) is 17.5. The molecule has 0 saturated carbocycles. The molecule has 8 nitrogen and oxygen atoms in total. The molecule has 1 aliphatic heterocycles. The maximum Gasteiger partial charge on any atom is 0.166 e. The lowest BCUT2D eigenvalue weighted by molar-refractivity contribution is -0.231. The van der Waals surface area contributed by atoms with Crippen molar-refractivity contribution in [1.82, 2.24) is 0 Å². The monoisotopic (exact) mass is 442 g/mol. The predicted octanol–water partition coefficient (Wildman–Crippen LogP) is 1.78. The molecule has 170 valence electrons. The maximum absolute atomic E-state index is 12.9. The fraction of sp³-hybridized carbons (Fsp3) is 0.375. The summed E-state index contributed by atoms with van der Waals surface area (Å²) in [4.78, 5) is 12.9. The average Bonchev–Trinajstić information content (AvgIpc) is 3.25. The number of ketones is 1. The van der Waals surface area contributed by atoms with Gasteiger partial charge in [-0.25, -0.2) is 0 Å². The summed E-state index contributed by atoms with van der Waals surface area (Å²) in [6.07, 6.45) is -4.42. The number of benzene rings is 2. The minimum absolute atomic E-state index is 0.0759. The highest BCUT2D eigenvalue weighted by atomic mass is 16.5. The lowest BCUT2D eigenvalue weighted by Gasteiger charge is -2.40. The van der Waals surface area contributed by atoms with Crippen LogP contribution >= 0.6 is 0 Å². The van der Waals surface area contributed by atoms with Crippen LogP contribution in [0.4, 0.5) is 0 Å². The zero-order chi connectivity index (χ0) is 23.0. The highest BCUT2D eigenvalue weighted by Gasteiger charge is 2.44. The predicted molar refractivity (Wildman–Crippen MR) is 114 cm³/mol. The number of Topliss-reactive ketones (excluding diaryl/α,β-unsaturated/α-hetero) is 1. The van der Waals surface area contributed by atoms with E-state index in [2.05, 4.69) is 0 Å². The highest BCUT2D eigenvalue weighted by molar-refractivity contribution is 5.99. The molecule has 0 amide bonds. The Balaban J connectivity index is 1.56. The first-order chi connectivity index (χ1) is 15.3. The van der Waals surface area contributed by atoms with Gasteiger partial charge in [-0.15, -0.1) is 0 Å². The van der Waals surface area contributed by atoms with Crippen molar-refractivity contribution in [3.63, 3.8) is 0 Å². The second kappa shape index (κ2) is 9.01. The molecule has 2 heterocycles. The Hall–Kier alpha value is -2.75. The number of phenols is 1. The highest BCUT2D eigenvalue weighted by Crippen LogP contribution is 2.36. The van der Waals surface area contributed by atoms with E-state index >= 15 is 0 Å². The van der Waals surface area contributed by atoms with Gasteiger partial charge in [0.1, 0.15) is 41.9 Å². The van der Waals surface area contributed by atoms with Crippen molar-refractivity contribution in [2.75, 3.05) is 6.61 Å². The smallest absolute Gasteiger partial charge is 0.166 e. The summed E-state index contributed by atoms with van der Waals surface area (Å²) < 4.78 is 10.9. The molecule has 0 radical (unpaired) electrons. The number of fused-ring (bicyclic) bond motifs is 1. The van der Waals surface area contributed by atoms with Crippen LogP contribution in [0.1, 0.15) is 39.6 Å². The molecule has 32 heavy (non-hydrogen) atoms. The number of ether oxygens (including phenoxy) is 1. The van der Waals surface area contributed by atoms with Gasteiger partial charge in [-0.2, -0.15) is 0 Å². The normalized spacial score (nSPS) is 25.8. The largest absolute Gasteiger partial charge is 0.507 e. The number of aliphatic hydroxyl groups is 4. The molecule has 1 fully saturated rings. The minimum atomic E-state index is -1.53. The summed E-state index contributed by atoms with van der Waals surface area (Å²) >= 11 is 0. The molecule has 1 aliphatic rings. The molecule has 1 saturated heterocycles. The van der Waals surface area contributed by atoms with Crippen molar-refractivity contribution in [3.8, 4) is 5.75 Å². The van der Waals surface area contributed by atoms with Crippen molar-refractivity contribution in [2.24, 2.45) is 0 Å². The summed E-state index contributed by atoms with van der Waals surface area (Å²) in [5.74, 6) is -0.480. The van der Waals surface area contributed by atoms with E-state index in [9.17, 15) is 30.3 Å². The third-order valence-electron chi connectivity index (χ3n) is 6.04. The van der Waals surface area contributed by atoms with Gasteiger partial charge in [-0.1, -0.05) is 6.07 Å². The molecule has 2 aromatic carbocycles. The van der Waals surface area contributed by atoms with Crippen molar-refractivity contribution in [2.45, 2.75) is 50.3 Å². The fourth-order valence-corrected chi connectivity index (χ4v) is 4.16. The number of rotatable bonds is 6. The Morgan fingerprint density at radius 3 is 2.56 bits per heavy atom. The van der Waals surface area contributed by atoms with Gasteiger partial charge in [0.05, 0.1) is 18.4 Å². The van der Waals surface area contributed by atoms with Crippen LogP contribution in [0.2, 0.25) is 0 Å². The Labute approximate surface area is 184 Å². The van der Waals surface area contributed by atoms with Gasteiger partial charge in [0.2, 0.25) is 0 Å². The van der Waals surface area contributed by atoms with Crippen LogP contribution < -0.4 is 0 Å². The van der Waals surface area contributed by atoms with Gasteiger partial charge in [0.25, 0.3) is 0 Å². The number of hydrogen-bond acceptors (Lipinski definition) is 8. The molecule has 5 unspecified atom stereocenters. The van der Waals surface area contributed by atoms with Gasteiger partial charge in [0.15, 0.2) is 5.78 Å². The number of aromatic hydroxyl groups is 1. The molecule has 0 aliphatic carbocycles. The van der Waals surface area contributed by atoms with Crippen molar-refractivity contribution < 1.29 is 39.5 Å². The van der Waals surface area contributed by atoms with Gasteiger partial charge in [-0.05, 0) is 60.4 Å². The lowest BCUT2D eigenvalue weighted by Crippen LogP contribution is -2.55. The molecule has 0 bridgehead atoms. The van der Waals surface area contributed by atoms with E-state index in [1.54, 1.807) is 13.2 Å². The Bertz CT molecular complexity index is 1120. The SMILES string of the molecule is Cc1cc(O)c(C(=O)CCc2ccc3occc3c2)cc1C1OC(CO)C(O)C(O)C1O. The van der Waals surface area contributed by atoms with E-state index in [0.717, 1.165) is 16.5 Å². The van der Waals surface area contributed by atoms with Crippen molar-refractivity contribution in [3.05, 3.63) is 64.9 Å². The maximum atomic E-state index is 12.9. The number of phenolic OH excluding ortho intramolecular Hbond substituents is 1. The van der Waals surface area contributed by atoms with E-state index in [4.69, 9.17) is 9.15 Å². The van der Waals surface area contributed by atoms with E-state index in [1.165, 1.54) is 12.1 Å². The summed E-state index contributed by atoms with van der Waals surface area (Å²) in [5, 5.41) is 51.3. The summed E-state index contributed by atoms with van der Waals surface area (Å²) in [6.45, 7) is 1.12. The van der Waals surface area contributed by atoms with Crippen LogP contribution in [0.3, 0.4) is 0 Å². The number of carbonyl (C=O) groups excluding carboxylic acids is 1. The first-order valence-corrected chi connectivity index (χ1v) is 10.4. The molecule has 1 aromatic heterocycles. The standard InChI is InChI=1S/C24H26O8/c1-12-8-18(27)16(10-15(12)24-23(30)22(29)21(28)20(11-25)32-24)17(26)4-2-13-3-5-19-14(9-13)6-7-31-19/h3,5-10,20-25,27-30H,2,4,11H2,1H3. The topological polar surface area (TPSA) is 141 Å². The Morgan fingerprint density at radius 2 is 1.81 bits per heavy atom. The number of aryl methyl sites for hydroxylation is 2. The first kappa shape index (κ1) is 22.4. The molecule has 4 rings (SSSR count). The molecule has 3 aromatic rings. The number of hydrogen-bond donors (Lipinski definition) is 5. The number of carbonyl (C=O) groups is 1. The van der Waals surface area contributed by atoms with Crippen LogP contribution in [-0.2, 0) is 11.2 Å². The second-order valence-electron chi connectivity index (χ2n) is 8.19. The Kier molecular flexibility index (Phi) is 6.32. The zero-order valence-electron chi connectivity index (χ0n) is 17.5. The van der Waals surface area contributed by atoms with Crippen LogP contribution in [0.15, 0.2) is 47.1 Å². The number of aliphatic hydroxyl groups excluding tert-OH is 4. The molecule has 0 spiro atoms. The fourth-order valence-electron chi connectivity index (χ4n) is 4.16. The number of furan rings is 1. The van der Waals surface area contributed by atoms with Crippen molar-refractivity contribution >= 4 is 16.8 Å². The van der Waals surface area contributed by atoms with E-state index in [-0.39, 0.29) is 23.5 Å². The molecule has 5 N–H and O–H groups in total. The summed E-state index contributed by atoms with van der Waals surface area (Å²) in [7, 11) is 0. The van der Waals surface area contributed by atoms with Gasteiger partial charge in [0, 0.05) is 11.8 Å². The average molecular weight is 442 g/mol.